The Labute approximate surface area is 99.0 Å². The topological polar surface area (TPSA) is 77.2 Å². The Morgan fingerprint density at radius 1 is 1.62 bits per heavy atom. The van der Waals surface area contributed by atoms with E-state index >= 15 is 0 Å². The van der Waals surface area contributed by atoms with Crippen molar-refractivity contribution in [3.05, 3.63) is 11.1 Å². The van der Waals surface area contributed by atoms with E-state index in [-0.39, 0.29) is 0 Å². The van der Waals surface area contributed by atoms with E-state index in [1.807, 2.05) is 20.8 Å². The normalized spacial score (nSPS) is 11.2. The van der Waals surface area contributed by atoms with Crippen LogP contribution in [0, 0.1) is 0 Å². The lowest BCUT2D eigenvalue weighted by Gasteiger charge is -2.19. The van der Waals surface area contributed by atoms with Crippen LogP contribution in [0.25, 0.3) is 0 Å². The number of amides is 1. The average molecular weight is 243 g/mol. The fraction of sp³-hybridized carbons (Fsp3) is 0.600. The Morgan fingerprint density at radius 3 is 2.81 bits per heavy atom. The Bertz CT molecular complexity index is 357. The summed E-state index contributed by atoms with van der Waals surface area (Å²) in [6.45, 7) is 6.01. The van der Waals surface area contributed by atoms with E-state index in [4.69, 9.17) is 10.5 Å². The highest BCUT2D eigenvalue weighted by atomic mass is 32.1. The van der Waals surface area contributed by atoms with Crippen LogP contribution in [-0.4, -0.2) is 23.2 Å². The number of thiazole rings is 1. The summed E-state index contributed by atoms with van der Waals surface area (Å²) in [5, 5.41) is 3.22. The van der Waals surface area contributed by atoms with Crippen LogP contribution in [0.4, 0.5) is 9.93 Å². The molecule has 1 aromatic rings. The Hall–Kier alpha value is -1.30. The molecule has 0 fully saturated rings. The first-order valence-electron chi connectivity index (χ1n) is 5.04. The lowest BCUT2D eigenvalue weighted by atomic mass is 10.2. The van der Waals surface area contributed by atoms with Crippen LogP contribution in [0.15, 0.2) is 6.20 Å². The predicted octanol–water partition coefficient (Wildman–Crippen LogP) is 1.79. The molecule has 1 rings (SSSR count). The number of nitrogens with zero attached hydrogens (tertiary/aromatic N) is 1. The summed E-state index contributed by atoms with van der Waals surface area (Å²) in [7, 11) is 0. The van der Waals surface area contributed by atoms with Gasteiger partial charge in [-0.1, -0.05) is 0 Å². The fourth-order valence-corrected chi connectivity index (χ4v) is 1.72. The summed E-state index contributed by atoms with van der Waals surface area (Å²) >= 11 is 1.43. The molecule has 0 bridgehead atoms. The SMILES string of the molecule is CC(C)(C)OC(=O)NCCc1cnc(N)s1. The minimum absolute atomic E-state index is 0.398. The maximum Gasteiger partial charge on any atom is 0.407 e. The van der Waals surface area contributed by atoms with Crippen molar-refractivity contribution in [2.75, 3.05) is 12.3 Å². The zero-order chi connectivity index (χ0) is 12.2. The molecule has 0 radical (unpaired) electrons. The molecular formula is C10H17N3O2S. The predicted molar refractivity (Wildman–Crippen MR) is 64.5 cm³/mol. The number of nitrogens with two attached hydrogens (primary N) is 1. The third kappa shape index (κ3) is 4.97. The first-order chi connectivity index (χ1) is 7.37. The van der Waals surface area contributed by atoms with Gasteiger partial charge in [0.25, 0.3) is 0 Å². The summed E-state index contributed by atoms with van der Waals surface area (Å²) in [5.41, 5.74) is 5.03. The van der Waals surface area contributed by atoms with Crippen LogP contribution < -0.4 is 11.1 Å². The number of nitrogen functional groups attached to an aromatic ring is 1. The Balaban J connectivity index is 2.23. The van der Waals surface area contributed by atoms with Crippen molar-refractivity contribution in [1.29, 1.82) is 0 Å². The van der Waals surface area contributed by atoms with Crippen LogP contribution >= 0.6 is 11.3 Å². The van der Waals surface area contributed by atoms with E-state index in [2.05, 4.69) is 10.3 Å². The van der Waals surface area contributed by atoms with Crippen LogP contribution in [0.2, 0.25) is 0 Å². The van der Waals surface area contributed by atoms with Crippen molar-refractivity contribution in [2.24, 2.45) is 0 Å². The van der Waals surface area contributed by atoms with E-state index in [0.29, 0.717) is 18.1 Å². The second kappa shape index (κ2) is 5.16. The molecule has 90 valence electrons. The van der Waals surface area contributed by atoms with Gasteiger partial charge in [0.1, 0.15) is 5.60 Å². The van der Waals surface area contributed by atoms with Gasteiger partial charge in [0, 0.05) is 24.0 Å². The molecule has 0 atom stereocenters. The van der Waals surface area contributed by atoms with Gasteiger partial charge >= 0.3 is 6.09 Å². The lowest BCUT2D eigenvalue weighted by molar-refractivity contribution is 0.0528. The molecule has 0 aliphatic carbocycles. The maximum absolute atomic E-state index is 11.3. The smallest absolute Gasteiger partial charge is 0.407 e. The minimum Gasteiger partial charge on any atom is -0.444 e. The van der Waals surface area contributed by atoms with E-state index < -0.39 is 11.7 Å². The molecule has 0 aliphatic rings. The number of ether oxygens (including phenoxy) is 1. The van der Waals surface area contributed by atoms with Gasteiger partial charge in [-0.3, -0.25) is 0 Å². The summed E-state index contributed by atoms with van der Waals surface area (Å²) in [6, 6.07) is 0. The number of nitrogens with one attached hydrogen (secondary N) is 1. The summed E-state index contributed by atoms with van der Waals surface area (Å²) in [6.07, 6.45) is 2.04. The van der Waals surface area contributed by atoms with Gasteiger partial charge in [0.2, 0.25) is 0 Å². The van der Waals surface area contributed by atoms with Gasteiger partial charge < -0.3 is 15.8 Å². The van der Waals surface area contributed by atoms with Crippen LogP contribution in [0.3, 0.4) is 0 Å². The molecule has 5 nitrogen and oxygen atoms in total. The average Bonchev–Trinajstić information content (AvgIpc) is 2.48. The molecule has 0 saturated heterocycles. The molecule has 1 aromatic heterocycles. The third-order valence-electron chi connectivity index (χ3n) is 1.61. The van der Waals surface area contributed by atoms with E-state index in [1.54, 1.807) is 6.20 Å². The highest BCUT2D eigenvalue weighted by Crippen LogP contribution is 2.14. The van der Waals surface area contributed by atoms with E-state index in [1.165, 1.54) is 11.3 Å². The van der Waals surface area contributed by atoms with Gasteiger partial charge in [-0.25, -0.2) is 9.78 Å². The maximum atomic E-state index is 11.3. The van der Waals surface area contributed by atoms with Gasteiger partial charge in [0.15, 0.2) is 5.13 Å². The number of rotatable bonds is 3. The molecule has 3 N–H and O–H groups in total. The van der Waals surface area contributed by atoms with Crippen molar-refractivity contribution in [2.45, 2.75) is 32.8 Å². The molecule has 6 heteroatoms. The Kier molecular flexibility index (Phi) is 4.12. The molecule has 1 amide bonds. The largest absolute Gasteiger partial charge is 0.444 e. The number of hydrogen-bond acceptors (Lipinski definition) is 5. The standard InChI is InChI=1S/C10H17N3O2S/c1-10(2,3)15-9(14)12-5-4-7-6-13-8(11)16-7/h6H,4-5H2,1-3H3,(H2,11,13)(H,12,14). The molecule has 0 saturated carbocycles. The van der Waals surface area contributed by atoms with Crippen molar-refractivity contribution < 1.29 is 9.53 Å². The first kappa shape index (κ1) is 12.8. The zero-order valence-electron chi connectivity index (χ0n) is 9.74. The fourth-order valence-electron chi connectivity index (χ4n) is 1.04. The monoisotopic (exact) mass is 243 g/mol. The van der Waals surface area contributed by atoms with Crippen LogP contribution in [0.1, 0.15) is 25.6 Å². The van der Waals surface area contributed by atoms with Crippen molar-refractivity contribution in [3.8, 4) is 0 Å². The number of aromatic nitrogens is 1. The summed E-state index contributed by atoms with van der Waals surface area (Å²) < 4.78 is 5.09. The number of alkyl carbamates (subject to hydrolysis) is 1. The summed E-state index contributed by atoms with van der Waals surface area (Å²) in [4.78, 5) is 16.3. The quantitative estimate of drug-likeness (QED) is 0.848. The molecule has 1 heterocycles. The molecule has 0 aromatic carbocycles. The van der Waals surface area contributed by atoms with Gasteiger partial charge in [0.05, 0.1) is 0 Å². The van der Waals surface area contributed by atoms with Crippen LogP contribution in [-0.2, 0) is 11.2 Å². The molecular weight excluding hydrogens is 226 g/mol. The third-order valence-corrected chi connectivity index (χ3v) is 2.50. The number of hydrogen-bond donors (Lipinski definition) is 2. The van der Waals surface area contributed by atoms with Crippen molar-refractivity contribution in [3.63, 3.8) is 0 Å². The number of anilines is 1. The highest BCUT2D eigenvalue weighted by molar-refractivity contribution is 7.15. The molecule has 0 spiro atoms. The van der Waals surface area contributed by atoms with E-state index in [0.717, 1.165) is 4.88 Å². The first-order valence-corrected chi connectivity index (χ1v) is 5.85. The molecule has 0 aliphatic heterocycles. The van der Waals surface area contributed by atoms with Gasteiger partial charge in [-0.05, 0) is 20.8 Å². The number of carbonyl (C=O) groups excluding carboxylic acids is 1. The second-order valence-corrected chi connectivity index (χ2v) is 5.49. The van der Waals surface area contributed by atoms with Gasteiger partial charge in [-0.15, -0.1) is 11.3 Å². The zero-order valence-corrected chi connectivity index (χ0v) is 10.6. The second-order valence-electron chi connectivity index (χ2n) is 4.34. The summed E-state index contributed by atoms with van der Waals surface area (Å²) in [5.74, 6) is 0. The highest BCUT2D eigenvalue weighted by Gasteiger charge is 2.15. The molecule has 16 heavy (non-hydrogen) atoms. The van der Waals surface area contributed by atoms with Crippen molar-refractivity contribution >= 4 is 22.6 Å². The number of carbonyl (C=O) groups is 1. The van der Waals surface area contributed by atoms with Crippen LogP contribution in [0.5, 0.6) is 0 Å². The van der Waals surface area contributed by atoms with Crippen molar-refractivity contribution in [1.82, 2.24) is 10.3 Å². The minimum atomic E-state index is -0.459. The molecule has 0 unspecified atom stereocenters. The van der Waals surface area contributed by atoms with Gasteiger partial charge in [-0.2, -0.15) is 0 Å². The van der Waals surface area contributed by atoms with E-state index in [9.17, 15) is 4.79 Å². The Morgan fingerprint density at radius 2 is 2.31 bits per heavy atom. The lowest BCUT2D eigenvalue weighted by Crippen LogP contribution is -2.33.